The van der Waals surface area contributed by atoms with Gasteiger partial charge in [0, 0.05) is 58.3 Å². The fourth-order valence-corrected chi connectivity index (χ4v) is 4.67. The summed E-state index contributed by atoms with van der Waals surface area (Å²) in [5, 5.41) is 20.4. The van der Waals surface area contributed by atoms with Crippen molar-refractivity contribution >= 4 is 29.5 Å². The van der Waals surface area contributed by atoms with Crippen LogP contribution < -0.4 is 0 Å². The van der Waals surface area contributed by atoms with Crippen molar-refractivity contribution in [1.29, 1.82) is 0 Å². The van der Waals surface area contributed by atoms with Crippen LogP contribution in [0.15, 0.2) is 24.3 Å². The summed E-state index contributed by atoms with van der Waals surface area (Å²) in [5.74, 6) is -0.373. The van der Waals surface area contributed by atoms with Crippen LogP contribution in [-0.4, -0.2) is 94.7 Å². The summed E-state index contributed by atoms with van der Waals surface area (Å²) in [4.78, 5) is 30.5. The summed E-state index contributed by atoms with van der Waals surface area (Å²) >= 11 is 5.77. The molecule has 3 rings (SSSR count). The molecule has 0 radical (unpaired) electrons. The largest absolute Gasteiger partial charge is 0.392 e. The van der Waals surface area contributed by atoms with Gasteiger partial charge in [-0.1, -0.05) is 24.6 Å². The molecule has 2 aliphatic rings. The molecule has 2 amide bonds. The summed E-state index contributed by atoms with van der Waals surface area (Å²) in [6, 6.07) is 4.23. The zero-order valence-electron chi connectivity index (χ0n) is 19.0. The van der Waals surface area contributed by atoms with Crippen molar-refractivity contribution in [2.75, 3.05) is 45.8 Å². The van der Waals surface area contributed by atoms with Crippen molar-refractivity contribution in [3.63, 3.8) is 0 Å². The number of β-amino-alcohol motifs (C(OH)–C–C–N with tert-alkyl or cyclic N) is 2. The lowest BCUT2D eigenvalue weighted by Gasteiger charge is -2.35. The summed E-state index contributed by atoms with van der Waals surface area (Å²) < 4.78 is 13.3. The SMILES string of the molecule is C[C@H]1C[C@@H](O)CN(C[C@H](O)CCN2CCN(C(=O)/C=C/c3ccc(F)c(Cl)c3)CCC2=O)C1. The smallest absolute Gasteiger partial charge is 0.246 e. The molecule has 33 heavy (non-hydrogen) atoms. The molecular weight excluding hydrogens is 449 g/mol. The Labute approximate surface area is 199 Å². The normalized spacial score (nSPS) is 23.7. The summed E-state index contributed by atoms with van der Waals surface area (Å²) in [6.45, 7) is 5.57. The first-order chi connectivity index (χ1) is 15.7. The average molecular weight is 482 g/mol. The van der Waals surface area contributed by atoms with Crippen molar-refractivity contribution in [3.8, 4) is 0 Å². The number of likely N-dealkylation sites (tertiary alicyclic amines) is 1. The third-order valence-corrected chi connectivity index (χ3v) is 6.47. The second-order valence-corrected chi connectivity index (χ2v) is 9.53. The third kappa shape index (κ3) is 7.78. The molecule has 7 nitrogen and oxygen atoms in total. The molecule has 2 heterocycles. The van der Waals surface area contributed by atoms with Gasteiger partial charge in [-0.05, 0) is 42.5 Å². The molecule has 1 aromatic carbocycles. The van der Waals surface area contributed by atoms with E-state index in [4.69, 9.17) is 11.6 Å². The van der Waals surface area contributed by atoms with Crippen LogP contribution in [0.25, 0.3) is 6.08 Å². The Balaban J connectivity index is 1.46. The second-order valence-electron chi connectivity index (χ2n) is 9.12. The quantitative estimate of drug-likeness (QED) is 0.582. The van der Waals surface area contributed by atoms with E-state index in [0.29, 0.717) is 57.2 Å². The van der Waals surface area contributed by atoms with Gasteiger partial charge in [0.05, 0.1) is 17.2 Å². The molecule has 0 bridgehead atoms. The fourth-order valence-electron chi connectivity index (χ4n) is 4.48. The number of aliphatic hydroxyl groups is 2. The molecule has 3 atom stereocenters. The number of piperidine rings is 1. The van der Waals surface area contributed by atoms with Crippen molar-refractivity contribution < 1.29 is 24.2 Å². The van der Waals surface area contributed by atoms with Gasteiger partial charge in [-0.15, -0.1) is 0 Å². The molecule has 0 aliphatic carbocycles. The highest BCUT2D eigenvalue weighted by Gasteiger charge is 2.26. The number of nitrogens with zero attached hydrogens (tertiary/aromatic N) is 3. The van der Waals surface area contributed by atoms with Crippen LogP contribution in [0, 0.1) is 11.7 Å². The van der Waals surface area contributed by atoms with Gasteiger partial charge in [0.2, 0.25) is 11.8 Å². The van der Waals surface area contributed by atoms with Crippen LogP contribution in [0.1, 0.15) is 31.7 Å². The van der Waals surface area contributed by atoms with E-state index in [1.165, 1.54) is 24.3 Å². The van der Waals surface area contributed by atoms with E-state index in [2.05, 4.69) is 11.8 Å². The topological polar surface area (TPSA) is 84.3 Å². The Hall–Kier alpha value is -2.00. The zero-order chi connectivity index (χ0) is 24.0. The molecule has 2 aliphatic heterocycles. The Morgan fingerprint density at radius 2 is 2.09 bits per heavy atom. The standard InChI is InChI=1S/C24H33ClFN3O4/c1-17-12-20(31)16-27(14-17)15-19(30)6-8-28-10-11-29(9-7-24(28)33)23(32)5-3-18-2-4-22(26)21(25)13-18/h2-5,13,17,19-20,30-31H,6-12,14-16H2,1H3/b5-3+/t17-,19+,20+/m0/s1. The van der Waals surface area contributed by atoms with Crippen molar-refractivity contribution in [1.82, 2.24) is 14.7 Å². The number of carbonyl (C=O) groups excluding carboxylic acids is 2. The van der Waals surface area contributed by atoms with Crippen LogP contribution in [0.3, 0.4) is 0 Å². The Kier molecular flexibility index (Phi) is 9.26. The predicted octanol–water partition coefficient (Wildman–Crippen LogP) is 2.01. The summed E-state index contributed by atoms with van der Waals surface area (Å²) in [6.07, 6.45) is 3.51. The maximum Gasteiger partial charge on any atom is 0.246 e. The molecule has 182 valence electrons. The minimum absolute atomic E-state index is 0.00576. The van der Waals surface area contributed by atoms with Gasteiger partial charge in [0.15, 0.2) is 0 Å². The first-order valence-corrected chi connectivity index (χ1v) is 11.9. The van der Waals surface area contributed by atoms with Crippen LogP contribution >= 0.6 is 11.6 Å². The lowest BCUT2D eigenvalue weighted by molar-refractivity contribution is -0.130. The highest BCUT2D eigenvalue weighted by atomic mass is 35.5. The van der Waals surface area contributed by atoms with Crippen molar-refractivity contribution in [2.24, 2.45) is 5.92 Å². The number of aliphatic hydroxyl groups excluding tert-OH is 2. The molecular formula is C24H33ClFN3O4. The minimum Gasteiger partial charge on any atom is -0.392 e. The van der Waals surface area contributed by atoms with E-state index in [1.807, 2.05) is 0 Å². The molecule has 9 heteroatoms. The first-order valence-electron chi connectivity index (χ1n) is 11.5. The molecule has 1 aromatic rings. The number of hydrogen-bond donors (Lipinski definition) is 2. The highest BCUT2D eigenvalue weighted by Crippen LogP contribution is 2.18. The maximum absolute atomic E-state index is 13.3. The number of carbonyl (C=O) groups is 2. The lowest BCUT2D eigenvalue weighted by Crippen LogP contribution is -2.46. The Bertz CT molecular complexity index is 858. The minimum atomic E-state index is -0.582. The molecule has 0 spiro atoms. The number of rotatable bonds is 7. The molecule has 0 unspecified atom stereocenters. The van der Waals surface area contributed by atoms with Gasteiger partial charge in [-0.3, -0.25) is 14.5 Å². The predicted molar refractivity (Wildman–Crippen MR) is 125 cm³/mol. The van der Waals surface area contributed by atoms with E-state index >= 15 is 0 Å². The third-order valence-electron chi connectivity index (χ3n) is 6.18. The number of hydrogen-bond acceptors (Lipinski definition) is 5. The van der Waals surface area contributed by atoms with Crippen molar-refractivity contribution in [3.05, 3.63) is 40.7 Å². The number of amides is 2. The van der Waals surface area contributed by atoms with Crippen LogP contribution in [0.5, 0.6) is 0 Å². The molecule has 0 aromatic heterocycles. The first kappa shape index (κ1) is 25.6. The Morgan fingerprint density at radius 3 is 2.82 bits per heavy atom. The van der Waals surface area contributed by atoms with Gasteiger partial charge in [-0.25, -0.2) is 4.39 Å². The Morgan fingerprint density at radius 1 is 1.30 bits per heavy atom. The van der Waals surface area contributed by atoms with Crippen LogP contribution in [0.2, 0.25) is 5.02 Å². The molecule has 0 saturated carbocycles. The number of halogens is 2. The van der Waals surface area contributed by atoms with Gasteiger partial charge in [-0.2, -0.15) is 0 Å². The molecule has 2 fully saturated rings. The van der Waals surface area contributed by atoms with Gasteiger partial charge >= 0.3 is 0 Å². The summed E-state index contributed by atoms with van der Waals surface area (Å²) in [7, 11) is 0. The van der Waals surface area contributed by atoms with Gasteiger partial charge in [0.1, 0.15) is 5.82 Å². The van der Waals surface area contributed by atoms with Crippen LogP contribution in [0.4, 0.5) is 4.39 Å². The van der Waals surface area contributed by atoms with E-state index in [0.717, 1.165) is 13.0 Å². The molecule has 2 saturated heterocycles. The maximum atomic E-state index is 13.3. The van der Waals surface area contributed by atoms with E-state index < -0.39 is 11.9 Å². The van der Waals surface area contributed by atoms with Gasteiger partial charge < -0.3 is 20.0 Å². The monoisotopic (exact) mass is 481 g/mol. The second kappa shape index (κ2) is 11.9. The zero-order valence-corrected chi connectivity index (χ0v) is 19.8. The van der Waals surface area contributed by atoms with E-state index in [9.17, 15) is 24.2 Å². The molecule has 2 N–H and O–H groups in total. The van der Waals surface area contributed by atoms with Gasteiger partial charge in [0.25, 0.3) is 0 Å². The fraction of sp³-hybridized carbons (Fsp3) is 0.583. The van der Waals surface area contributed by atoms with E-state index in [-0.39, 0.29) is 29.4 Å². The lowest BCUT2D eigenvalue weighted by atomic mass is 9.97. The highest BCUT2D eigenvalue weighted by molar-refractivity contribution is 6.30. The van der Waals surface area contributed by atoms with E-state index in [1.54, 1.807) is 15.9 Å². The summed E-state index contributed by atoms with van der Waals surface area (Å²) in [5.41, 5.74) is 0.617. The average Bonchev–Trinajstić information content (AvgIpc) is 2.93. The number of benzene rings is 1. The van der Waals surface area contributed by atoms with Crippen molar-refractivity contribution in [2.45, 2.75) is 38.4 Å². The van der Waals surface area contributed by atoms with Crippen LogP contribution in [-0.2, 0) is 9.59 Å².